The van der Waals surface area contributed by atoms with Gasteiger partial charge in [0.15, 0.2) is 0 Å². The minimum atomic E-state index is -0.767. The summed E-state index contributed by atoms with van der Waals surface area (Å²) in [6.45, 7) is 2.85. The number of aliphatic carboxylic acids is 1. The minimum absolute atomic E-state index is 0.443. The Morgan fingerprint density at radius 3 is 3.13 bits per heavy atom. The van der Waals surface area contributed by atoms with Gasteiger partial charge < -0.3 is 10.0 Å². The Hall–Kier alpha value is -1.17. The molecule has 15 heavy (non-hydrogen) atoms. The number of hydrogen-bond donors (Lipinski definition) is 1. The number of carboxylic acids is 1. The molecule has 1 fully saturated rings. The SMILES string of the molecule is CC1CCN(c2ncns2)C(C(=O)O)C1. The normalized spacial score (nSPS) is 26.6. The molecule has 0 aromatic carbocycles. The number of anilines is 1. The van der Waals surface area contributed by atoms with Crippen LogP contribution in [0, 0.1) is 5.92 Å². The van der Waals surface area contributed by atoms with Crippen molar-refractivity contribution in [3.8, 4) is 0 Å². The molecular weight excluding hydrogens is 214 g/mol. The molecule has 1 N–H and O–H groups in total. The Morgan fingerprint density at radius 1 is 1.73 bits per heavy atom. The highest BCUT2D eigenvalue weighted by atomic mass is 32.1. The van der Waals surface area contributed by atoms with E-state index >= 15 is 0 Å². The molecule has 0 bridgehead atoms. The van der Waals surface area contributed by atoms with E-state index in [1.165, 1.54) is 17.9 Å². The number of hydrogen-bond acceptors (Lipinski definition) is 5. The van der Waals surface area contributed by atoms with E-state index in [2.05, 4.69) is 16.3 Å². The van der Waals surface area contributed by atoms with Gasteiger partial charge in [-0.2, -0.15) is 4.37 Å². The summed E-state index contributed by atoms with van der Waals surface area (Å²) in [5, 5.41) is 9.86. The molecule has 82 valence electrons. The molecule has 0 amide bonds. The third kappa shape index (κ3) is 2.09. The molecule has 2 atom stereocenters. The molecule has 2 heterocycles. The topological polar surface area (TPSA) is 66.3 Å². The molecule has 1 aromatic heterocycles. The van der Waals surface area contributed by atoms with Gasteiger partial charge in [-0.3, -0.25) is 0 Å². The van der Waals surface area contributed by atoms with Gasteiger partial charge in [0, 0.05) is 18.1 Å². The Bertz CT molecular complexity index is 341. The molecule has 0 aliphatic carbocycles. The van der Waals surface area contributed by atoms with Crippen molar-refractivity contribution in [3.63, 3.8) is 0 Å². The van der Waals surface area contributed by atoms with E-state index < -0.39 is 12.0 Å². The van der Waals surface area contributed by atoms with Crippen LogP contribution in [0.15, 0.2) is 6.33 Å². The zero-order valence-corrected chi connectivity index (χ0v) is 9.28. The van der Waals surface area contributed by atoms with Gasteiger partial charge in [-0.1, -0.05) is 6.92 Å². The lowest BCUT2D eigenvalue weighted by Gasteiger charge is -2.35. The average Bonchev–Trinajstić information content (AvgIpc) is 2.70. The van der Waals surface area contributed by atoms with Crippen molar-refractivity contribution in [3.05, 3.63) is 6.33 Å². The molecule has 1 saturated heterocycles. The zero-order valence-electron chi connectivity index (χ0n) is 8.46. The molecule has 0 spiro atoms. The second kappa shape index (κ2) is 4.14. The van der Waals surface area contributed by atoms with Gasteiger partial charge in [-0.15, -0.1) is 0 Å². The van der Waals surface area contributed by atoms with Crippen LogP contribution in [0.25, 0.3) is 0 Å². The molecule has 2 rings (SSSR count). The van der Waals surface area contributed by atoms with Crippen molar-refractivity contribution >= 4 is 22.6 Å². The maximum Gasteiger partial charge on any atom is 0.326 e. The highest BCUT2D eigenvalue weighted by Crippen LogP contribution is 2.28. The van der Waals surface area contributed by atoms with Crippen molar-refractivity contribution in [2.75, 3.05) is 11.4 Å². The first-order chi connectivity index (χ1) is 7.18. The summed E-state index contributed by atoms with van der Waals surface area (Å²) in [7, 11) is 0. The van der Waals surface area contributed by atoms with Gasteiger partial charge in [0.05, 0.1) is 0 Å². The molecule has 6 heteroatoms. The fraction of sp³-hybridized carbons (Fsp3) is 0.667. The van der Waals surface area contributed by atoms with E-state index in [1.54, 1.807) is 0 Å². The van der Waals surface area contributed by atoms with Crippen LogP contribution >= 0.6 is 11.5 Å². The zero-order chi connectivity index (χ0) is 10.8. The maximum atomic E-state index is 11.1. The van der Waals surface area contributed by atoms with Crippen molar-refractivity contribution in [2.24, 2.45) is 5.92 Å². The Kier molecular flexibility index (Phi) is 2.86. The number of carboxylic acid groups (broad SMARTS) is 1. The quantitative estimate of drug-likeness (QED) is 0.823. The van der Waals surface area contributed by atoms with E-state index in [4.69, 9.17) is 5.11 Å². The van der Waals surface area contributed by atoms with Crippen molar-refractivity contribution in [1.29, 1.82) is 0 Å². The van der Waals surface area contributed by atoms with Crippen LogP contribution in [0.3, 0.4) is 0 Å². The summed E-state index contributed by atoms with van der Waals surface area (Å²) in [4.78, 5) is 17.0. The van der Waals surface area contributed by atoms with Gasteiger partial charge >= 0.3 is 5.97 Å². The molecular formula is C9H13N3O2S. The lowest BCUT2D eigenvalue weighted by molar-refractivity contribution is -0.139. The lowest BCUT2D eigenvalue weighted by Crippen LogP contribution is -2.46. The van der Waals surface area contributed by atoms with Gasteiger partial charge in [0.25, 0.3) is 0 Å². The molecule has 2 unspecified atom stereocenters. The second-order valence-electron chi connectivity index (χ2n) is 3.90. The number of carbonyl (C=O) groups is 1. The van der Waals surface area contributed by atoms with Crippen LogP contribution in [0.4, 0.5) is 5.13 Å². The Morgan fingerprint density at radius 2 is 2.53 bits per heavy atom. The predicted octanol–water partition coefficient (Wildman–Crippen LogP) is 1.23. The van der Waals surface area contributed by atoms with Crippen LogP contribution in [0.5, 0.6) is 0 Å². The molecule has 0 saturated carbocycles. The third-order valence-corrected chi connectivity index (χ3v) is 3.45. The standard InChI is InChI=1S/C9H13N3O2S/c1-6-2-3-12(7(4-6)8(13)14)9-10-5-11-15-9/h5-7H,2-4H2,1H3,(H,13,14). The highest BCUT2D eigenvalue weighted by molar-refractivity contribution is 7.09. The predicted molar refractivity (Wildman–Crippen MR) is 57.1 cm³/mol. The largest absolute Gasteiger partial charge is 0.480 e. The summed E-state index contributed by atoms with van der Waals surface area (Å²) in [6, 6.07) is -0.443. The Labute approximate surface area is 91.9 Å². The molecule has 1 aliphatic rings. The van der Waals surface area contributed by atoms with E-state index in [0.29, 0.717) is 17.5 Å². The molecule has 5 nitrogen and oxygen atoms in total. The van der Waals surface area contributed by atoms with E-state index in [0.717, 1.165) is 13.0 Å². The number of aromatic nitrogens is 2. The van der Waals surface area contributed by atoms with E-state index in [9.17, 15) is 4.79 Å². The summed E-state index contributed by atoms with van der Waals surface area (Å²) in [5.41, 5.74) is 0. The summed E-state index contributed by atoms with van der Waals surface area (Å²) < 4.78 is 3.91. The number of rotatable bonds is 2. The van der Waals surface area contributed by atoms with Crippen LogP contribution < -0.4 is 4.90 Å². The van der Waals surface area contributed by atoms with Crippen molar-refractivity contribution < 1.29 is 9.90 Å². The fourth-order valence-electron chi connectivity index (χ4n) is 1.90. The third-order valence-electron chi connectivity index (χ3n) is 2.75. The summed E-state index contributed by atoms with van der Waals surface area (Å²) >= 11 is 1.25. The fourth-order valence-corrected chi connectivity index (χ4v) is 2.50. The van der Waals surface area contributed by atoms with Crippen LogP contribution in [0.2, 0.25) is 0 Å². The maximum absolute atomic E-state index is 11.1. The van der Waals surface area contributed by atoms with Crippen molar-refractivity contribution in [1.82, 2.24) is 9.36 Å². The summed E-state index contributed by atoms with van der Waals surface area (Å²) in [5.74, 6) is -0.299. The second-order valence-corrected chi connectivity index (χ2v) is 4.66. The smallest absolute Gasteiger partial charge is 0.326 e. The van der Waals surface area contributed by atoms with Crippen molar-refractivity contribution in [2.45, 2.75) is 25.8 Å². The molecule has 0 radical (unpaired) electrons. The number of nitrogens with zero attached hydrogens (tertiary/aromatic N) is 3. The van der Waals surface area contributed by atoms with E-state index in [-0.39, 0.29) is 0 Å². The van der Waals surface area contributed by atoms with Gasteiger partial charge in [0.2, 0.25) is 5.13 Å². The monoisotopic (exact) mass is 227 g/mol. The minimum Gasteiger partial charge on any atom is -0.480 e. The summed E-state index contributed by atoms with van der Waals surface area (Å²) in [6.07, 6.45) is 3.18. The van der Waals surface area contributed by atoms with Crippen LogP contribution in [0.1, 0.15) is 19.8 Å². The van der Waals surface area contributed by atoms with Gasteiger partial charge in [0.1, 0.15) is 12.4 Å². The Balaban J connectivity index is 2.19. The first-order valence-electron chi connectivity index (χ1n) is 4.94. The van der Waals surface area contributed by atoms with Gasteiger partial charge in [-0.05, 0) is 18.8 Å². The number of piperidine rings is 1. The molecule has 1 aliphatic heterocycles. The first-order valence-corrected chi connectivity index (χ1v) is 5.72. The van der Waals surface area contributed by atoms with E-state index in [1.807, 2.05) is 4.90 Å². The van der Waals surface area contributed by atoms with Crippen LogP contribution in [-0.2, 0) is 4.79 Å². The average molecular weight is 227 g/mol. The van der Waals surface area contributed by atoms with Gasteiger partial charge in [-0.25, -0.2) is 9.78 Å². The first kappa shape index (κ1) is 10.4. The molecule has 1 aromatic rings. The lowest BCUT2D eigenvalue weighted by atomic mass is 9.93. The van der Waals surface area contributed by atoms with Crippen LogP contribution in [-0.4, -0.2) is 33.0 Å². The highest BCUT2D eigenvalue weighted by Gasteiger charge is 2.33.